The van der Waals surface area contributed by atoms with Gasteiger partial charge in [-0.25, -0.2) is 5.43 Å². The molecule has 3 aromatic rings. The zero-order valence-electron chi connectivity index (χ0n) is 43.3. The molecule has 16 nitrogen and oxygen atoms in total. The summed E-state index contributed by atoms with van der Waals surface area (Å²) in [4.78, 5) is 78.1. The third kappa shape index (κ3) is 12.9. The van der Waals surface area contributed by atoms with Crippen molar-refractivity contribution in [1.82, 2.24) is 35.0 Å². The Labute approximate surface area is 419 Å². The normalized spacial score (nSPS) is 19.2. The highest BCUT2D eigenvalue weighted by Crippen LogP contribution is 2.43. The summed E-state index contributed by atoms with van der Waals surface area (Å²) < 4.78 is 13.3. The molecule has 384 valence electrons. The second kappa shape index (κ2) is 23.9. The fourth-order valence-corrected chi connectivity index (χ4v) is 10.3. The Morgan fingerprint density at radius 3 is 2.48 bits per heavy atom. The van der Waals surface area contributed by atoms with Crippen LogP contribution in [0, 0.1) is 16.7 Å². The Morgan fingerprint density at radius 1 is 1.06 bits per heavy atom. The molecular weight excluding hydrogens is 901 g/mol. The van der Waals surface area contributed by atoms with Gasteiger partial charge in [0.05, 0.1) is 23.8 Å². The molecule has 4 atom stereocenters. The van der Waals surface area contributed by atoms with Crippen molar-refractivity contribution in [2.75, 3.05) is 67.1 Å². The van der Waals surface area contributed by atoms with Crippen molar-refractivity contribution in [3.63, 3.8) is 0 Å². The van der Waals surface area contributed by atoms with Crippen LogP contribution in [0.4, 0.5) is 0 Å². The zero-order chi connectivity index (χ0) is 51.6. The summed E-state index contributed by atoms with van der Waals surface area (Å²) >= 11 is 0. The number of hydrogen-bond acceptors (Lipinski definition) is 11. The van der Waals surface area contributed by atoms with Crippen LogP contribution in [0.2, 0.25) is 0 Å². The van der Waals surface area contributed by atoms with E-state index < -0.39 is 28.8 Å². The number of aryl methyl sites for hydroxylation is 1. The highest BCUT2D eigenvalue weighted by atomic mass is 16.5. The Kier molecular flexibility index (Phi) is 18.2. The molecule has 2 aromatic carbocycles. The molecule has 4 heterocycles. The first-order valence-corrected chi connectivity index (χ1v) is 25.1. The molecule has 0 bridgehead atoms. The topological polar surface area (TPSA) is 178 Å². The van der Waals surface area contributed by atoms with Crippen molar-refractivity contribution in [2.45, 2.75) is 105 Å². The van der Waals surface area contributed by atoms with Crippen molar-refractivity contribution >= 4 is 53.3 Å². The monoisotopic (exact) mass is 977 g/mol. The number of hydrogen-bond donors (Lipinski definition) is 3. The maximum atomic E-state index is 14.7. The maximum Gasteiger partial charge on any atom is 0.293 e. The van der Waals surface area contributed by atoms with Crippen LogP contribution in [-0.2, 0) is 52.8 Å². The van der Waals surface area contributed by atoms with E-state index in [1.165, 1.54) is 0 Å². The van der Waals surface area contributed by atoms with Crippen LogP contribution in [0.5, 0.6) is 5.75 Å². The number of aliphatic imine (C=N–C) groups is 1. The lowest BCUT2D eigenvalue weighted by Crippen LogP contribution is -2.59. The van der Waals surface area contributed by atoms with E-state index in [1.54, 1.807) is 52.4 Å². The molecule has 0 aliphatic carbocycles. The summed E-state index contributed by atoms with van der Waals surface area (Å²) in [6.07, 6.45) is 11.7. The zero-order valence-corrected chi connectivity index (χ0v) is 43.3. The molecule has 0 unspecified atom stereocenters. The number of benzene rings is 2. The van der Waals surface area contributed by atoms with E-state index in [9.17, 15) is 29.1 Å². The number of carbonyl (C=O) groups excluding carboxylic acids is 5. The number of allylic oxidation sites excluding steroid dienone is 1. The largest absolute Gasteiger partial charge is 0.508 e. The molecule has 6 rings (SSSR count). The van der Waals surface area contributed by atoms with Gasteiger partial charge in [-0.3, -0.25) is 34.0 Å². The number of phenols is 1. The van der Waals surface area contributed by atoms with Gasteiger partial charge in [-0.1, -0.05) is 58.6 Å². The van der Waals surface area contributed by atoms with Gasteiger partial charge < -0.3 is 39.2 Å². The van der Waals surface area contributed by atoms with E-state index in [4.69, 9.17) is 9.47 Å². The van der Waals surface area contributed by atoms with Gasteiger partial charge in [-0.15, -0.1) is 0 Å². The van der Waals surface area contributed by atoms with Gasteiger partial charge >= 0.3 is 0 Å². The fraction of sp³-hybridized carbons (Fsp3) is 0.527. The van der Waals surface area contributed by atoms with E-state index >= 15 is 0 Å². The summed E-state index contributed by atoms with van der Waals surface area (Å²) in [5.41, 5.74) is 7.80. The van der Waals surface area contributed by atoms with Crippen molar-refractivity contribution in [1.29, 1.82) is 0 Å². The lowest BCUT2D eigenvalue weighted by atomic mass is 9.85. The molecule has 1 aromatic heterocycles. The highest BCUT2D eigenvalue weighted by Gasteiger charge is 2.54. The van der Waals surface area contributed by atoms with E-state index in [2.05, 4.69) is 59.8 Å². The number of phenolic OH excluding ortho intramolecular Hbond substituents is 1. The molecule has 3 N–H and O–H groups in total. The number of rotatable bonds is 22. The minimum absolute atomic E-state index is 0.00286. The number of likely N-dealkylation sites (N-methyl/N-ethyl adjacent to an activating group) is 1. The second-order valence-electron chi connectivity index (χ2n) is 20.7. The second-order valence-corrected chi connectivity index (χ2v) is 20.7. The Bertz CT molecular complexity index is 2520. The lowest BCUT2D eigenvalue weighted by Gasteiger charge is -2.35. The average molecular weight is 977 g/mol. The summed E-state index contributed by atoms with van der Waals surface area (Å²) in [5, 5.41) is 17.0. The molecule has 0 radical (unpaired) electrons. The van der Waals surface area contributed by atoms with E-state index in [1.807, 2.05) is 64.1 Å². The van der Waals surface area contributed by atoms with Crippen LogP contribution in [0.15, 0.2) is 71.9 Å². The summed E-state index contributed by atoms with van der Waals surface area (Å²) in [5.74, 6) is -1.29. The Balaban J connectivity index is 1.34. The van der Waals surface area contributed by atoms with Crippen molar-refractivity contribution in [3.05, 3.63) is 83.7 Å². The van der Waals surface area contributed by atoms with Gasteiger partial charge in [-0.2, -0.15) is 0 Å². The number of hydrazine groups is 1. The number of aromatic hydroxyl groups is 1. The molecule has 71 heavy (non-hydrogen) atoms. The average Bonchev–Trinajstić information content (AvgIpc) is 4.01. The van der Waals surface area contributed by atoms with Gasteiger partial charge in [0, 0.05) is 93.6 Å². The number of nitrogens with zero attached hydrogens (tertiary/aromatic N) is 6. The summed E-state index contributed by atoms with van der Waals surface area (Å²) in [6.45, 7) is 19.9. The fourth-order valence-electron chi connectivity index (χ4n) is 10.3. The van der Waals surface area contributed by atoms with Crippen LogP contribution < -0.4 is 10.7 Å². The number of ether oxygens (including phenoxy) is 2. The SMILES string of the molecule is C=CC=N/C(=C/c1c(CC(C)(C)COC=O)c2cc(-c3cc(O)cc(C[C@H](NC(=O)[C@H](C(C)C)N4CC[C@@]5(CCN(C(=O)/C=C/CN(C)C)C5)C4=O)C(=O)N4CCCCN4)c3)ccc2n1CC)[C@H](C)OC. The summed E-state index contributed by atoms with van der Waals surface area (Å²) in [6, 6.07) is 9.54. The van der Waals surface area contributed by atoms with E-state index in [-0.39, 0.29) is 48.5 Å². The van der Waals surface area contributed by atoms with Crippen molar-refractivity contribution in [3.8, 4) is 16.9 Å². The van der Waals surface area contributed by atoms with Crippen molar-refractivity contribution < 1.29 is 38.6 Å². The number of methoxy groups -OCH3 is 1. The predicted octanol–water partition coefficient (Wildman–Crippen LogP) is 6.16. The van der Waals surface area contributed by atoms with Gasteiger partial charge in [0.2, 0.25) is 17.7 Å². The molecule has 3 aliphatic heterocycles. The molecule has 3 saturated heterocycles. The van der Waals surface area contributed by atoms with E-state index in [0.29, 0.717) is 88.4 Å². The molecule has 3 aliphatic rings. The molecule has 0 saturated carbocycles. The minimum atomic E-state index is -1.03. The quantitative estimate of drug-likeness (QED) is 0.0601. The number of amides is 4. The third-order valence-corrected chi connectivity index (χ3v) is 14.0. The first kappa shape index (κ1) is 54.2. The maximum absolute atomic E-state index is 14.7. The van der Waals surface area contributed by atoms with Gasteiger partial charge in [0.15, 0.2) is 0 Å². The first-order chi connectivity index (χ1) is 33.8. The molecule has 3 fully saturated rings. The van der Waals surface area contributed by atoms with Crippen LogP contribution in [0.25, 0.3) is 28.1 Å². The first-order valence-electron chi connectivity index (χ1n) is 25.1. The molecule has 1 spiro atoms. The van der Waals surface area contributed by atoms with Crippen LogP contribution in [0.1, 0.15) is 84.0 Å². The number of aromatic nitrogens is 1. The highest BCUT2D eigenvalue weighted by molar-refractivity contribution is 5.96. The number of carbonyl (C=O) groups is 5. The lowest BCUT2D eigenvalue weighted by molar-refractivity contribution is -0.146. The Morgan fingerprint density at radius 2 is 1.82 bits per heavy atom. The van der Waals surface area contributed by atoms with Gasteiger partial charge in [-0.05, 0) is 119 Å². The number of fused-ring (bicyclic) bond motifs is 1. The van der Waals surface area contributed by atoms with Crippen LogP contribution >= 0.6 is 0 Å². The van der Waals surface area contributed by atoms with E-state index in [0.717, 1.165) is 40.6 Å². The smallest absolute Gasteiger partial charge is 0.293 e. The van der Waals surface area contributed by atoms with Crippen LogP contribution in [0.3, 0.4) is 0 Å². The van der Waals surface area contributed by atoms with Crippen molar-refractivity contribution in [2.24, 2.45) is 21.7 Å². The van der Waals surface area contributed by atoms with Gasteiger partial charge in [0.1, 0.15) is 17.8 Å². The number of likely N-dealkylation sites (tertiary alicyclic amines) is 2. The third-order valence-electron chi connectivity index (χ3n) is 14.0. The minimum Gasteiger partial charge on any atom is -0.508 e. The van der Waals surface area contributed by atoms with Gasteiger partial charge in [0.25, 0.3) is 12.4 Å². The summed E-state index contributed by atoms with van der Waals surface area (Å²) in [7, 11) is 5.50. The number of nitrogens with one attached hydrogen (secondary N) is 2. The standard InChI is InChI=1S/C55H76N8O8/c1-11-21-56-45(38(5)70-10)32-48-44(33-54(6,7)35-71-36-64)43-31-40(17-18-47(43)61(48)12-2)41-27-39(28-42(65)30-41)29-46(52(68)63-24-14-13-22-57-63)58-51(67)50(37(3)4)62-26-20-55(53(62)69)19-25-60(34-55)49(66)16-15-23-59(8)9/h11,15-18,21,27-28,30-32,36-38,46,50,57,65H,1,12-14,19-20,22-26,29,33-35H2,2-10H3,(H,58,67)/b16-15+,45-32+,56-21?/t38-,46-,50-,55+/m0/s1. The predicted molar refractivity (Wildman–Crippen MR) is 278 cm³/mol. The molecule has 16 heteroatoms. The molecular formula is C55H76N8O8. The Hall–Kier alpha value is -6.10. The van der Waals surface area contributed by atoms with Crippen LogP contribution in [-0.4, -0.2) is 151 Å². The molecule has 4 amide bonds.